The number of hydrogen-bond acceptors (Lipinski definition) is 3. The summed E-state index contributed by atoms with van der Waals surface area (Å²) in [7, 11) is 0. The molecule has 1 atom stereocenters. The van der Waals surface area contributed by atoms with E-state index in [0.717, 1.165) is 18.5 Å². The van der Waals surface area contributed by atoms with Crippen molar-refractivity contribution in [3.8, 4) is 6.07 Å². The van der Waals surface area contributed by atoms with E-state index in [1.54, 1.807) is 12.1 Å². The third-order valence-corrected chi connectivity index (χ3v) is 7.14. The molecule has 1 aliphatic heterocycles. The van der Waals surface area contributed by atoms with Gasteiger partial charge in [-0.05, 0) is 48.7 Å². The fourth-order valence-corrected chi connectivity index (χ4v) is 4.49. The van der Waals surface area contributed by atoms with E-state index in [1.807, 2.05) is 31.7 Å². The highest BCUT2D eigenvalue weighted by Crippen LogP contribution is 2.33. The van der Waals surface area contributed by atoms with E-state index < -0.39 is 11.2 Å². The maximum Gasteiger partial charge on any atom is 0.228 e. The summed E-state index contributed by atoms with van der Waals surface area (Å²) in [6.45, 7) is 7.39. The number of nitriles is 1. The van der Waals surface area contributed by atoms with Gasteiger partial charge in [-0.1, -0.05) is 55.6 Å². The van der Waals surface area contributed by atoms with Crippen LogP contribution in [-0.2, 0) is 11.3 Å². The number of carbonyl (C=O) groups excluding carboxylic acids is 1. The average molecular weight is 497 g/mol. The Hall–Kier alpha value is -2.00. The van der Waals surface area contributed by atoms with Crippen LogP contribution in [0.4, 0.5) is 10.1 Å². The van der Waals surface area contributed by atoms with Crippen LogP contribution in [0.1, 0.15) is 44.7 Å². The Morgan fingerprint density at radius 2 is 1.94 bits per heavy atom. The number of benzene rings is 2. The molecule has 170 valence electrons. The largest absolute Gasteiger partial charge is 0.362 e. The van der Waals surface area contributed by atoms with Gasteiger partial charge in [-0.25, -0.2) is 4.39 Å². The van der Waals surface area contributed by atoms with E-state index in [0.29, 0.717) is 40.8 Å². The van der Waals surface area contributed by atoms with Crippen LogP contribution < -0.4 is 4.90 Å². The molecule has 0 saturated carbocycles. The summed E-state index contributed by atoms with van der Waals surface area (Å²) in [6, 6.07) is 9.96. The number of halogens is 4. The number of hydrogen-bond donors (Lipinski definition) is 0. The second kappa shape index (κ2) is 9.87. The van der Waals surface area contributed by atoms with Crippen LogP contribution in [0.2, 0.25) is 15.1 Å². The topological polar surface area (TPSA) is 47.3 Å². The monoisotopic (exact) mass is 495 g/mol. The van der Waals surface area contributed by atoms with Gasteiger partial charge in [-0.3, -0.25) is 4.79 Å². The third kappa shape index (κ3) is 5.14. The first-order valence-corrected chi connectivity index (χ1v) is 11.6. The molecule has 2 aromatic carbocycles. The van der Waals surface area contributed by atoms with Crippen LogP contribution in [0.3, 0.4) is 0 Å². The number of anilines is 1. The zero-order valence-corrected chi connectivity index (χ0v) is 20.5. The maximum absolute atomic E-state index is 14.2. The molecule has 0 radical (unpaired) electrons. The first-order valence-electron chi connectivity index (χ1n) is 10.5. The molecule has 0 aliphatic carbocycles. The Balaban J connectivity index is 1.95. The van der Waals surface area contributed by atoms with Crippen molar-refractivity contribution in [1.29, 1.82) is 5.26 Å². The van der Waals surface area contributed by atoms with Gasteiger partial charge in [0.05, 0.1) is 15.6 Å². The predicted octanol–water partition coefficient (Wildman–Crippen LogP) is 6.70. The van der Waals surface area contributed by atoms with Crippen LogP contribution in [0.15, 0.2) is 30.3 Å². The van der Waals surface area contributed by atoms with E-state index in [-0.39, 0.29) is 17.0 Å². The van der Waals surface area contributed by atoms with Crippen molar-refractivity contribution in [2.24, 2.45) is 5.41 Å². The van der Waals surface area contributed by atoms with E-state index in [4.69, 9.17) is 34.8 Å². The van der Waals surface area contributed by atoms with Crippen LogP contribution in [-0.4, -0.2) is 29.9 Å². The molecule has 8 heteroatoms. The molecule has 1 amide bonds. The van der Waals surface area contributed by atoms with Crippen LogP contribution in [0.5, 0.6) is 0 Å². The summed E-state index contributed by atoms with van der Waals surface area (Å²) >= 11 is 18.5. The molecule has 0 N–H and O–H groups in total. The smallest absolute Gasteiger partial charge is 0.228 e. The lowest BCUT2D eigenvalue weighted by Crippen LogP contribution is -2.42. The van der Waals surface area contributed by atoms with Crippen molar-refractivity contribution < 1.29 is 9.18 Å². The molecule has 0 spiro atoms. The minimum absolute atomic E-state index is 0.0228. The van der Waals surface area contributed by atoms with Gasteiger partial charge < -0.3 is 9.80 Å². The highest BCUT2D eigenvalue weighted by molar-refractivity contribution is 6.35. The van der Waals surface area contributed by atoms with Crippen molar-refractivity contribution in [3.63, 3.8) is 0 Å². The highest BCUT2D eigenvalue weighted by atomic mass is 35.5. The molecule has 1 heterocycles. The number of likely N-dealkylation sites (tertiary alicyclic amines) is 1. The molecule has 0 bridgehead atoms. The Morgan fingerprint density at radius 3 is 2.56 bits per heavy atom. The standard InChI is InChI=1S/C24H25Cl3FN3O/c1-4-24(2,3)23(32)30-8-7-18(14-30)31(17-6-5-15(12-29)19(25)10-17)13-16-9-22(28)21(27)11-20(16)26/h5-6,9-11,18H,4,7-8,13-14H2,1-3H3/t18-/m0/s1. The third-order valence-electron chi connectivity index (χ3n) is 6.19. The molecule has 1 aliphatic rings. The Kier molecular flexibility index (Phi) is 7.60. The molecule has 0 aromatic heterocycles. The van der Waals surface area contributed by atoms with E-state index in [9.17, 15) is 14.4 Å². The lowest BCUT2D eigenvalue weighted by Gasteiger charge is -2.33. The van der Waals surface area contributed by atoms with E-state index >= 15 is 0 Å². The number of nitrogens with zero attached hydrogens (tertiary/aromatic N) is 3. The molecule has 0 unspecified atom stereocenters. The van der Waals surface area contributed by atoms with Gasteiger partial charge in [0.25, 0.3) is 0 Å². The van der Waals surface area contributed by atoms with Gasteiger partial charge in [-0.2, -0.15) is 5.26 Å². The van der Waals surface area contributed by atoms with Crippen LogP contribution in [0.25, 0.3) is 0 Å². The first kappa shape index (κ1) is 24.6. The highest BCUT2D eigenvalue weighted by Gasteiger charge is 2.37. The van der Waals surface area contributed by atoms with Crippen molar-refractivity contribution in [2.75, 3.05) is 18.0 Å². The van der Waals surface area contributed by atoms with Crippen molar-refractivity contribution in [2.45, 2.75) is 46.2 Å². The van der Waals surface area contributed by atoms with Gasteiger partial charge in [0.2, 0.25) is 5.91 Å². The average Bonchev–Trinajstić information content (AvgIpc) is 3.24. The van der Waals surface area contributed by atoms with Gasteiger partial charge >= 0.3 is 0 Å². The molecular formula is C24H25Cl3FN3O. The van der Waals surface area contributed by atoms with E-state index in [1.165, 1.54) is 12.1 Å². The number of carbonyl (C=O) groups is 1. The van der Waals surface area contributed by atoms with Gasteiger partial charge in [0.1, 0.15) is 11.9 Å². The molecule has 1 saturated heterocycles. The number of rotatable bonds is 6. The summed E-state index contributed by atoms with van der Waals surface area (Å²) in [5.74, 6) is -0.423. The summed E-state index contributed by atoms with van der Waals surface area (Å²) in [6.07, 6.45) is 1.50. The lowest BCUT2D eigenvalue weighted by atomic mass is 9.88. The minimum Gasteiger partial charge on any atom is -0.362 e. The van der Waals surface area contributed by atoms with E-state index in [2.05, 4.69) is 11.0 Å². The Morgan fingerprint density at radius 1 is 1.22 bits per heavy atom. The SMILES string of the molecule is CCC(C)(C)C(=O)N1CC[C@H](N(Cc2cc(F)c(Cl)cc2Cl)c2ccc(C#N)c(Cl)c2)C1. The molecule has 4 nitrogen and oxygen atoms in total. The zero-order valence-electron chi connectivity index (χ0n) is 18.3. The zero-order chi connectivity index (χ0) is 23.6. The minimum atomic E-state index is -0.545. The summed E-state index contributed by atoms with van der Waals surface area (Å²) in [5.41, 5.74) is 1.29. The summed E-state index contributed by atoms with van der Waals surface area (Å²) < 4.78 is 14.2. The summed E-state index contributed by atoms with van der Waals surface area (Å²) in [4.78, 5) is 16.9. The normalized spacial score (nSPS) is 16.2. The van der Waals surface area contributed by atoms with Crippen LogP contribution in [0, 0.1) is 22.6 Å². The molecule has 2 aromatic rings. The fourth-order valence-electron chi connectivity index (χ4n) is 3.83. The Labute approximate surface area is 203 Å². The van der Waals surface area contributed by atoms with Gasteiger partial charge in [0.15, 0.2) is 0 Å². The molecular weight excluding hydrogens is 472 g/mol. The quantitative estimate of drug-likeness (QED) is 0.418. The Bertz CT molecular complexity index is 1070. The molecule has 32 heavy (non-hydrogen) atoms. The second-order valence-corrected chi connectivity index (χ2v) is 9.91. The second-order valence-electron chi connectivity index (χ2n) is 8.69. The van der Waals surface area contributed by atoms with Gasteiger partial charge in [0, 0.05) is 41.8 Å². The van der Waals surface area contributed by atoms with Crippen molar-refractivity contribution >= 4 is 46.4 Å². The van der Waals surface area contributed by atoms with Gasteiger partial charge in [-0.15, -0.1) is 0 Å². The maximum atomic E-state index is 14.2. The number of amides is 1. The lowest BCUT2D eigenvalue weighted by molar-refractivity contribution is -0.139. The van der Waals surface area contributed by atoms with Crippen LogP contribution >= 0.6 is 34.8 Å². The molecule has 3 rings (SSSR count). The predicted molar refractivity (Wildman–Crippen MR) is 128 cm³/mol. The fraction of sp³-hybridized carbons (Fsp3) is 0.417. The summed E-state index contributed by atoms with van der Waals surface area (Å²) in [5, 5.41) is 9.88. The first-order chi connectivity index (χ1) is 15.1. The van der Waals surface area contributed by atoms with Crippen molar-refractivity contribution in [1.82, 2.24) is 4.90 Å². The van der Waals surface area contributed by atoms with Crippen molar-refractivity contribution in [3.05, 3.63) is 62.3 Å². The molecule has 1 fully saturated rings.